The summed E-state index contributed by atoms with van der Waals surface area (Å²) in [6, 6.07) is 21.7. The van der Waals surface area contributed by atoms with Crippen molar-refractivity contribution in [2.45, 2.75) is 13.3 Å². The lowest BCUT2D eigenvalue weighted by Crippen LogP contribution is -2.18. The molecule has 0 aliphatic carbocycles. The van der Waals surface area contributed by atoms with Crippen molar-refractivity contribution in [1.29, 1.82) is 0 Å². The molecule has 0 aliphatic heterocycles. The van der Waals surface area contributed by atoms with Crippen molar-refractivity contribution < 1.29 is 23.8 Å². The molecule has 30 heavy (non-hydrogen) atoms. The van der Waals surface area contributed by atoms with Gasteiger partial charge in [-0.15, -0.1) is 0 Å². The predicted octanol–water partition coefficient (Wildman–Crippen LogP) is 5.14. The van der Waals surface area contributed by atoms with Crippen LogP contribution < -0.4 is 9.47 Å². The van der Waals surface area contributed by atoms with E-state index >= 15 is 0 Å². The van der Waals surface area contributed by atoms with Crippen molar-refractivity contribution >= 4 is 27.9 Å². The molecule has 0 fully saturated rings. The van der Waals surface area contributed by atoms with Crippen LogP contribution in [0.2, 0.25) is 0 Å². The summed E-state index contributed by atoms with van der Waals surface area (Å²) in [6.45, 7) is 1.97. The second kappa shape index (κ2) is 10.6. The maximum absolute atomic E-state index is 12.3. The van der Waals surface area contributed by atoms with E-state index in [0.29, 0.717) is 17.7 Å². The van der Waals surface area contributed by atoms with Gasteiger partial charge >= 0.3 is 11.9 Å². The van der Waals surface area contributed by atoms with E-state index in [1.165, 1.54) is 6.07 Å². The average molecular weight is 469 g/mol. The van der Waals surface area contributed by atoms with E-state index in [4.69, 9.17) is 14.2 Å². The SMILES string of the molecule is Cc1ccc(OCC(=O)Oc2cccc(C(=O)OCCc3ccccc3)c2)c(Br)c1. The van der Waals surface area contributed by atoms with Gasteiger partial charge in [0.05, 0.1) is 16.6 Å². The summed E-state index contributed by atoms with van der Waals surface area (Å²) in [5.41, 5.74) is 2.48. The monoisotopic (exact) mass is 468 g/mol. The molecule has 0 radical (unpaired) electrons. The fraction of sp³-hybridized carbons (Fsp3) is 0.167. The van der Waals surface area contributed by atoms with E-state index in [1.807, 2.05) is 49.4 Å². The van der Waals surface area contributed by atoms with Crippen molar-refractivity contribution in [1.82, 2.24) is 0 Å². The Bertz CT molecular complexity index is 1020. The van der Waals surface area contributed by atoms with Crippen LogP contribution in [-0.2, 0) is 16.0 Å². The zero-order valence-corrected chi connectivity index (χ0v) is 18.1. The minimum Gasteiger partial charge on any atom is -0.481 e. The first-order valence-electron chi connectivity index (χ1n) is 9.42. The van der Waals surface area contributed by atoms with Gasteiger partial charge in [-0.2, -0.15) is 0 Å². The van der Waals surface area contributed by atoms with Gasteiger partial charge in [-0.3, -0.25) is 0 Å². The lowest BCUT2D eigenvalue weighted by Gasteiger charge is -2.10. The van der Waals surface area contributed by atoms with Gasteiger partial charge in [0, 0.05) is 6.42 Å². The van der Waals surface area contributed by atoms with Crippen LogP contribution in [0.5, 0.6) is 11.5 Å². The van der Waals surface area contributed by atoms with E-state index < -0.39 is 11.9 Å². The van der Waals surface area contributed by atoms with E-state index in [2.05, 4.69) is 15.9 Å². The first kappa shape index (κ1) is 21.6. The number of carbonyl (C=O) groups excluding carboxylic acids is 2. The second-order valence-electron chi connectivity index (χ2n) is 6.60. The van der Waals surface area contributed by atoms with Crippen LogP contribution in [0.3, 0.4) is 0 Å². The normalized spacial score (nSPS) is 10.3. The van der Waals surface area contributed by atoms with Gasteiger partial charge < -0.3 is 14.2 Å². The smallest absolute Gasteiger partial charge is 0.349 e. The Balaban J connectivity index is 1.50. The van der Waals surface area contributed by atoms with Crippen LogP contribution in [0.15, 0.2) is 77.3 Å². The van der Waals surface area contributed by atoms with Gasteiger partial charge in [0.2, 0.25) is 0 Å². The fourth-order valence-electron chi connectivity index (χ4n) is 2.70. The number of hydrogen-bond donors (Lipinski definition) is 0. The minimum atomic E-state index is -0.572. The Hall–Kier alpha value is -3.12. The molecular weight excluding hydrogens is 448 g/mol. The summed E-state index contributed by atoms with van der Waals surface area (Å²) in [5.74, 6) is -0.238. The highest BCUT2D eigenvalue weighted by molar-refractivity contribution is 9.10. The summed E-state index contributed by atoms with van der Waals surface area (Å²) in [6.07, 6.45) is 0.632. The number of hydrogen-bond acceptors (Lipinski definition) is 5. The molecule has 0 spiro atoms. The Morgan fingerprint density at radius 1 is 0.933 bits per heavy atom. The van der Waals surface area contributed by atoms with E-state index in [9.17, 15) is 9.59 Å². The molecule has 0 bridgehead atoms. The van der Waals surface area contributed by atoms with Crippen LogP contribution in [0.25, 0.3) is 0 Å². The lowest BCUT2D eigenvalue weighted by atomic mass is 10.2. The molecule has 3 aromatic rings. The fourth-order valence-corrected chi connectivity index (χ4v) is 3.30. The van der Waals surface area contributed by atoms with Crippen LogP contribution in [0, 0.1) is 6.92 Å². The van der Waals surface area contributed by atoms with E-state index in [1.54, 1.807) is 24.3 Å². The Morgan fingerprint density at radius 3 is 2.50 bits per heavy atom. The summed E-state index contributed by atoms with van der Waals surface area (Å²) in [7, 11) is 0. The second-order valence-corrected chi connectivity index (χ2v) is 7.45. The molecule has 0 unspecified atom stereocenters. The number of esters is 2. The van der Waals surface area contributed by atoms with Gasteiger partial charge in [-0.25, -0.2) is 9.59 Å². The van der Waals surface area contributed by atoms with Crippen molar-refractivity contribution in [2.24, 2.45) is 0 Å². The Labute approximate surface area is 183 Å². The highest BCUT2D eigenvalue weighted by atomic mass is 79.9. The Morgan fingerprint density at radius 2 is 1.73 bits per heavy atom. The minimum absolute atomic E-state index is 0.254. The third-order valence-corrected chi connectivity index (χ3v) is 4.82. The first-order valence-corrected chi connectivity index (χ1v) is 10.2. The number of rotatable bonds is 8. The highest BCUT2D eigenvalue weighted by Crippen LogP contribution is 2.25. The topological polar surface area (TPSA) is 61.8 Å². The predicted molar refractivity (Wildman–Crippen MR) is 117 cm³/mol. The molecule has 3 rings (SSSR count). The molecule has 0 amide bonds. The maximum Gasteiger partial charge on any atom is 0.349 e. The largest absolute Gasteiger partial charge is 0.481 e. The van der Waals surface area contributed by atoms with Gasteiger partial charge in [0.25, 0.3) is 0 Å². The zero-order valence-electron chi connectivity index (χ0n) is 16.5. The summed E-state index contributed by atoms with van der Waals surface area (Å²) < 4.78 is 16.8. The average Bonchev–Trinajstić information content (AvgIpc) is 2.74. The third-order valence-electron chi connectivity index (χ3n) is 4.20. The molecule has 0 aromatic heterocycles. The number of aryl methyl sites for hydroxylation is 1. The quantitative estimate of drug-likeness (QED) is 0.338. The number of carbonyl (C=O) groups is 2. The number of benzene rings is 3. The summed E-state index contributed by atoms with van der Waals surface area (Å²) >= 11 is 3.40. The molecule has 0 aliphatic rings. The standard InChI is InChI=1S/C24H21BrO5/c1-17-10-11-22(21(25)14-17)29-16-23(26)30-20-9-5-8-19(15-20)24(27)28-13-12-18-6-3-2-4-7-18/h2-11,14-15H,12-13,16H2,1H3. The molecular formula is C24H21BrO5. The molecule has 3 aromatic carbocycles. The molecule has 6 heteroatoms. The van der Waals surface area contributed by atoms with Crippen molar-refractivity contribution in [3.05, 3.63) is 94.0 Å². The number of ether oxygens (including phenoxy) is 3. The first-order chi connectivity index (χ1) is 14.5. The van der Waals surface area contributed by atoms with Gasteiger partial charge in [0.1, 0.15) is 11.5 Å². The van der Waals surface area contributed by atoms with Crippen LogP contribution >= 0.6 is 15.9 Å². The summed E-state index contributed by atoms with van der Waals surface area (Å²) in [4.78, 5) is 24.4. The van der Waals surface area contributed by atoms with Crippen LogP contribution in [0.4, 0.5) is 0 Å². The molecule has 0 saturated carbocycles. The van der Waals surface area contributed by atoms with Gasteiger partial charge in [-0.1, -0.05) is 42.5 Å². The molecule has 154 valence electrons. The van der Waals surface area contributed by atoms with E-state index in [0.717, 1.165) is 15.6 Å². The van der Waals surface area contributed by atoms with Crippen LogP contribution in [0.1, 0.15) is 21.5 Å². The van der Waals surface area contributed by atoms with Crippen LogP contribution in [-0.4, -0.2) is 25.2 Å². The molecule has 0 heterocycles. The molecule has 0 N–H and O–H groups in total. The maximum atomic E-state index is 12.3. The molecule has 0 saturated heterocycles. The van der Waals surface area contributed by atoms with Crippen molar-refractivity contribution in [3.8, 4) is 11.5 Å². The highest BCUT2D eigenvalue weighted by Gasteiger charge is 2.12. The van der Waals surface area contributed by atoms with Gasteiger partial charge in [-0.05, 0) is 64.3 Å². The molecule has 0 atom stereocenters. The lowest BCUT2D eigenvalue weighted by molar-refractivity contribution is -0.136. The Kier molecular flexibility index (Phi) is 7.63. The van der Waals surface area contributed by atoms with E-state index in [-0.39, 0.29) is 19.0 Å². The third kappa shape index (κ3) is 6.46. The van der Waals surface area contributed by atoms with Crippen molar-refractivity contribution in [3.63, 3.8) is 0 Å². The van der Waals surface area contributed by atoms with Gasteiger partial charge in [0.15, 0.2) is 6.61 Å². The summed E-state index contributed by atoms with van der Waals surface area (Å²) in [5, 5.41) is 0. The zero-order chi connectivity index (χ0) is 21.3. The number of halogens is 1. The van der Waals surface area contributed by atoms with Crippen molar-refractivity contribution in [2.75, 3.05) is 13.2 Å². The molecule has 5 nitrogen and oxygen atoms in total.